The zero-order valence-electron chi connectivity index (χ0n) is 53.1. The van der Waals surface area contributed by atoms with Crippen molar-refractivity contribution >= 4 is 56.3 Å². The van der Waals surface area contributed by atoms with Crippen molar-refractivity contribution in [2.45, 2.75) is 152 Å². The van der Waals surface area contributed by atoms with Gasteiger partial charge in [-0.25, -0.2) is 38.5 Å². The Kier molecular flexibility index (Phi) is 17.7. The molecular formula is C58H83N21O6. The van der Waals surface area contributed by atoms with E-state index in [1.54, 1.807) is 63.7 Å². The lowest BCUT2D eigenvalue weighted by molar-refractivity contribution is 0.122. The molecule has 456 valence electrons. The number of imidazole rings is 2. The summed E-state index contributed by atoms with van der Waals surface area (Å²) in [5.74, 6) is 1.68. The molecule has 2 N–H and O–H groups in total. The Labute approximate surface area is 492 Å². The third-order valence-electron chi connectivity index (χ3n) is 13.8. The van der Waals surface area contributed by atoms with Crippen LogP contribution in [0.2, 0.25) is 0 Å². The molecule has 85 heavy (non-hydrogen) atoms. The molecule has 27 nitrogen and oxygen atoms in total. The van der Waals surface area contributed by atoms with E-state index in [0.717, 1.165) is 24.7 Å². The van der Waals surface area contributed by atoms with E-state index in [4.69, 9.17) is 10.5 Å². The number of aromatic nitrogens is 18. The van der Waals surface area contributed by atoms with Crippen LogP contribution in [0.25, 0.3) is 38.6 Å². The Balaban J connectivity index is 0.000000153. The number of morpholine rings is 1. The number of rotatable bonds is 2. The molecule has 10 aromatic rings. The van der Waals surface area contributed by atoms with E-state index in [2.05, 4.69) is 50.4 Å². The molecule has 1 fully saturated rings. The fourth-order valence-electron chi connectivity index (χ4n) is 9.22. The highest BCUT2D eigenvalue weighted by molar-refractivity contribution is 5.85. The molecule has 0 atom stereocenters. The Hall–Kier alpha value is -8.88. The average Bonchev–Trinajstić information content (AvgIpc) is 2.08. The Morgan fingerprint density at radius 2 is 1.13 bits per heavy atom. The number of nitrogen functional groups attached to an aromatic ring is 1. The van der Waals surface area contributed by atoms with Gasteiger partial charge in [-0.15, -0.1) is 10.2 Å². The third-order valence-corrected chi connectivity index (χ3v) is 13.8. The van der Waals surface area contributed by atoms with Gasteiger partial charge in [-0.3, -0.25) is 32.9 Å². The molecule has 0 radical (unpaired) electrons. The van der Waals surface area contributed by atoms with Crippen LogP contribution in [-0.4, -0.2) is 127 Å². The number of nitrogens with two attached hydrogens (primary N) is 1. The SMILES string of the molecule is CC(C)(C)n1cnc2c(N)nccc2c1=O.Cc1cccc2nn(C(C)(C)C)c(=O)n12.Cc1nc(N(C)C)n2ncn(C(C)(C)C)c(=O)c12.Cc1nc(N2CCOCC2)n2ncn(C(C)(C)C)c(=O)c12.Cn1nnc2ccn(C(C)(C)C)c(=O)c21. The highest BCUT2D eigenvalue weighted by Crippen LogP contribution is 2.21. The lowest BCUT2D eigenvalue weighted by Crippen LogP contribution is -2.38. The number of pyridine rings is 3. The summed E-state index contributed by atoms with van der Waals surface area (Å²) >= 11 is 0. The first-order valence-electron chi connectivity index (χ1n) is 27.9. The minimum absolute atomic E-state index is 0.0486. The molecule has 10 aromatic heterocycles. The van der Waals surface area contributed by atoms with Crippen LogP contribution in [0.1, 0.15) is 121 Å². The van der Waals surface area contributed by atoms with E-state index in [-0.39, 0.29) is 61.4 Å². The fourth-order valence-corrected chi connectivity index (χ4v) is 9.22. The number of hydrogen-bond donors (Lipinski definition) is 1. The van der Waals surface area contributed by atoms with Crippen molar-refractivity contribution in [3.63, 3.8) is 0 Å². The van der Waals surface area contributed by atoms with Gasteiger partial charge in [0.15, 0.2) is 22.2 Å². The molecular weight excluding hydrogens is 1090 g/mol. The third kappa shape index (κ3) is 13.2. The molecule has 11 heterocycles. The average molecular weight is 1170 g/mol. The van der Waals surface area contributed by atoms with E-state index in [0.29, 0.717) is 69.2 Å². The summed E-state index contributed by atoms with van der Waals surface area (Å²) in [6, 6.07) is 9.11. The van der Waals surface area contributed by atoms with Crippen molar-refractivity contribution in [3.05, 3.63) is 131 Å². The van der Waals surface area contributed by atoms with Gasteiger partial charge in [-0.1, -0.05) is 11.3 Å². The smallest absolute Gasteiger partial charge is 0.351 e. The standard InChI is InChI=1S/C14H21N5O2.C12H19N5O.C11H14N4O.C11H15N3O.C10H14N4O/c1-10-11-12(20)18(14(2,3)4)9-15-19(11)13(16-10)17-5-7-21-8-6-17;1-8-9-10(18)16(12(2,3)4)7-13-17(9)11(14-8)15(5)6;1-11(2,3)15-6-14-8-7(10(15)16)4-5-13-9(8)12;1-8-6-5-7-9-12-14(11(2,3)4)10(15)13(8)9;1-10(2,3)14-6-5-7-8(9(14)15)13(4)12-11-7/h9H,5-8H2,1-4H3;7H,1-6H3;4-6H,1-3H3,(H2,12,13);5-7H,1-4H3;5-6H,1-4H3. The molecule has 1 aliphatic rings. The zero-order chi connectivity index (χ0) is 63.2. The van der Waals surface area contributed by atoms with Crippen LogP contribution >= 0.6 is 0 Å². The summed E-state index contributed by atoms with van der Waals surface area (Å²) in [5, 5.41) is 21.3. The second kappa shape index (κ2) is 23.6. The Morgan fingerprint density at radius 3 is 1.67 bits per heavy atom. The number of aryl methyl sites for hydroxylation is 4. The number of anilines is 3. The van der Waals surface area contributed by atoms with Gasteiger partial charge in [0.2, 0.25) is 11.9 Å². The summed E-state index contributed by atoms with van der Waals surface area (Å²) < 4.78 is 19.9. The van der Waals surface area contributed by atoms with Gasteiger partial charge in [0.25, 0.3) is 22.2 Å². The predicted molar refractivity (Wildman–Crippen MR) is 331 cm³/mol. The fraction of sp³-hybridized carbons (Fsp3) is 0.517. The maximum atomic E-state index is 12.7. The van der Waals surface area contributed by atoms with E-state index in [9.17, 15) is 24.0 Å². The first-order valence-corrected chi connectivity index (χ1v) is 27.9. The van der Waals surface area contributed by atoms with E-state index in [1.165, 1.54) is 21.9 Å². The van der Waals surface area contributed by atoms with Gasteiger partial charge in [-0.05, 0) is 149 Å². The summed E-state index contributed by atoms with van der Waals surface area (Å²) in [5.41, 5.74) is 9.71. The summed E-state index contributed by atoms with van der Waals surface area (Å²) in [7, 11) is 5.49. The normalized spacial score (nSPS) is 13.3. The maximum absolute atomic E-state index is 12.7. The minimum Gasteiger partial charge on any atom is -0.382 e. The molecule has 0 saturated carbocycles. The summed E-state index contributed by atoms with van der Waals surface area (Å²) in [4.78, 5) is 82.5. The molecule has 11 rings (SSSR count). The van der Waals surface area contributed by atoms with Crippen molar-refractivity contribution in [2.24, 2.45) is 7.05 Å². The molecule has 0 bridgehead atoms. The highest BCUT2D eigenvalue weighted by Gasteiger charge is 2.26. The van der Waals surface area contributed by atoms with Crippen LogP contribution in [0.3, 0.4) is 0 Å². The molecule has 0 aliphatic carbocycles. The molecule has 27 heteroatoms. The largest absolute Gasteiger partial charge is 0.382 e. The van der Waals surface area contributed by atoms with E-state index < -0.39 is 0 Å². The van der Waals surface area contributed by atoms with Gasteiger partial charge in [-0.2, -0.15) is 19.2 Å². The van der Waals surface area contributed by atoms with Crippen LogP contribution in [0, 0.1) is 20.8 Å². The number of nitrogens with zero attached hydrogens (tertiary/aromatic N) is 20. The lowest BCUT2D eigenvalue weighted by Gasteiger charge is -2.27. The van der Waals surface area contributed by atoms with Gasteiger partial charge < -0.3 is 24.8 Å². The van der Waals surface area contributed by atoms with Crippen LogP contribution in [0.5, 0.6) is 0 Å². The van der Waals surface area contributed by atoms with Gasteiger partial charge >= 0.3 is 5.69 Å². The first kappa shape index (κ1) is 63.7. The molecule has 1 saturated heterocycles. The maximum Gasteiger partial charge on any atom is 0.351 e. The first-order chi connectivity index (χ1) is 39.4. The van der Waals surface area contributed by atoms with Gasteiger partial charge in [0.05, 0.1) is 41.9 Å². The number of fused-ring (bicyclic) bond motifs is 5. The molecule has 0 aromatic carbocycles. The van der Waals surface area contributed by atoms with Gasteiger partial charge in [0, 0.05) is 74.5 Å². The second-order valence-electron chi connectivity index (χ2n) is 26.0. The van der Waals surface area contributed by atoms with Crippen molar-refractivity contribution in [1.29, 1.82) is 0 Å². The topological polar surface area (TPSA) is 286 Å². The zero-order valence-corrected chi connectivity index (χ0v) is 53.1. The Morgan fingerprint density at radius 1 is 0.600 bits per heavy atom. The lowest BCUT2D eigenvalue weighted by atomic mass is 10.1. The summed E-state index contributed by atoms with van der Waals surface area (Å²) in [6.07, 6.45) is 7.97. The van der Waals surface area contributed by atoms with Crippen LogP contribution in [0.4, 0.5) is 17.7 Å². The monoisotopic (exact) mass is 1170 g/mol. The van der Waals surface area contributed by atoms with Crippen LogP contribution < -0.4 is 43.5 Å². The predicted octanol–water partition coefficient (Wildman–Crippen LogP) is 5.38. The number of ether oxygens (including phenoxy) is 1. The second-order valence-corrected chi connectivity index (χ2v) is 26.0. The van der Waals surface area contributed by atoms with Crippen LogP contribution in [-0.2, 0) is 39.5 Å². The van der Waals surface area contributed by atoms with Crippen molar-refractivity contribution in [3.8, 4) is 0 Å². The molecule has 1 aliphatic heterocycles. The summed E-state index contributed by atoms with van der Waals surface area (Å²) in [6.45, 7) is 38.1. The van der Waals surface area contributed by atoms with E-state index >= 15 is 0 Å². The Bertz CT molecular complexity index is 4360. The number of hydrogen-bond acceptors (Lipinski definition) is 18. The molecule has 0 unspecified atom stereocenters. The van der Waals surface area contributed by atoms with Gasteiger partial charge in [0.1, 0.15) is 29.5 Å². The van der Waals surface area contributed by atoms with Crippen LogP contribution in [0.15, 0.2) is 85.7 Å². The van der Waals surface area contributed by atoms with Crippen molar-refractivity contribution in [2.75, 3.05) is 55.9 Å². The molecule has 0 spiro atoms. The van der Waals surface area contributed by atoms with Crippen molar-refractivity contribution < 1.29 is 4.74 Å². The van der Waals surface area contributed by atoms with E-state index in [1.807, 2.05) is 168 Å². The highest BCUT2D eigenvalue weighted by atomic mass is 16.5. The quantitative estimate of drug-likeness (QED) is 0.227. The molecule has 0 amide bonds. The van der Waals surface area contributed by atoms with Crippen molar-refractivity contribution in [1.82, 2.24) is 86.6 Å². The minimum atomic E-state index is -0.304.